The van der Waals surface area contributed by atoms with Crippen molar-refractivity contribution in [2.24, 2.45) is 0 Å². The van der Waals surface area contributed by atoms with Crippen LogP contribution in [-0.4, -0.2) is 83.7 Å². The van der Waals surface area contributed by atoms with E-state index in [0.29, 0.717) is 18.1 Å². The molecule has 1 aliphatic rings. The van der Waals surface area contributed by atoms with Crippen molar-refractivity contribution in [1.82, 2.24) is 29.7 Å². The van der Waals surface area contributed by atoms with Gasteiger partial charge in [0.05, 0.1) is 12.8 Å². The third-order valence-corrected chi connectivity index (χ3v) is 6.66. The lowest BCUT2D eigenvalue weighted by atomic mass is 10.1. The highest BCUT2D eigenvalue weighted by Crippen LogP contribution is 2.25. The van der Waals surface area contributed by atoms with Crippen LogP contribution in [0.15, 0.2) is 66.7 Å². The van der Waals surface area contributed by atoms with Gasteiger partial charge >= 0.3 is 0 Å². The Kier molecular flexibility index (Phi) is 7.62. The molecule has 2 aromatic heterocycles. The smallest absolute Gasteiger partial charge is 0.251 e. The van der Waals surface area contributed by atoms with Gasteiger partial charge in [0.2, 0.25) is 5.95 Å². The van der Waals surface area contributed by atoms with E-state index in [1.54, 1.807) is 11.6 Å². The highest BCUT2D eigenvalue weighted by Gasteiger charge is 2.14. The van der Waals surface area contributed by atoms with Crippen LogP contribution in [0.4, 0.5) is 11.6 Å². The number of fused-ring (bicyclic) bond motifs is 1. The molecule has 3 heterocycles. The number of nitrogens with one attached hydrogen (secondary N) is 2. The van der Waals surface area contributed by atoms with Crippen molar-refractivity contribution in [2.45, 2.75) is 6.42 Å². The molecule has 0 radical (unpaired) electrons. The van der Waals surface area contributed by atoms with E-state index >= 15 is 0 Å². The Morgan fingerprint density at radius 3 is 2.57 bits per heavy atom. The lowest BCUT2D eigenvalue weighted by Crippen LogP contribution is -2.45. The summed E-state index contributed by atoms with van der Waals surface area (Å²) in [6.45, 7) is 6.11. The number of methoxy groups -OCH3 is 1. The number of anilines is 2. The standard InChI is InChI=1S/C28H33N7O2/c1-33-16-18-34(19-17-33)15-5-14-29-27(36)21-10-12-23(13-11-21)30-28-31-26-9-4-8-25(35(26)32-28)22-6-3-7-24(20-22)37-2/h3-4,6-13,20H,5,14-19H2,1-2H3,(H,29,36)(H,30,32). The van der Waals surface area contributed by atoms with Gasteiger partial charge in [0.25, 0.3) is 5.91 Å². The summed E-state index contributed by atoms with van der Waals surface area (Å²) in [5.74, 6) is 1.21. The van der Waals surface area contributed by atoms with Crippen molar-refractivity contribution >= 4 is 23.2 Å². The summed E-state index contributed by atoms with van der Waals surface area (Å²) in [4.78, 5) is 22.0. The van der Waals surface area contributed by atoms with Crippen molar-refractivity contribution < 1.29 is 9.53 Å². The van der Waals surface area contributed by atoms with Gasteiger partial charge in [-0.1, -0.05) is 18.2 Å². The molecule has 2 aromatic carbocycles. The molecule has 1 aliphatic heterocycles. The number of pyridine rings is 1. The van der Waals surface area contributed by atoms with E-state index < -0.39 is 0 Å². The second-order valence-corrected chi connectivity index (χ2v) is 9.31. The summed E-state index contributed by atoms with van der Waals surface area (Å²) < 4.78 is 7.17. The quantitative estimate of drug-likeness (QED) is 0.341. The van der Waals surface area contributed by atoms with Crippen LogP contribution in [0, 0.1) is 0 Å². The fourth-order valence-electron chi connectivity index (χ4n) is 4.47. The minimum Gasteiger partial charge on any atom is -0.497 e. The van der Waals surface area contributed by atoms with Crippen molar-refractivity contribution in [3.05, 3.63) is 72.3 Å². The molecule has 9 heteroatoms. The van der Waals surface area contributed by atoms with Gasteiger partial charge in [0.15, 0.2) is 5.65 Å². The Balaban J connectivity index is 1.18. The third-order valence-electron chi connectivity index (χ3n) is 6.66. The number of hydrogen-bond acceptors (Lipinski definition) is 7. The Morgan fingerprint density at radius 1 is 1.00 bits per heavy atom. The SMILES string of the molecule is COc1cccc(-c2cccc3nc(Nc4ccc(C(=O)NCCCN5CCN(C)CC5)cc4)nn23)c1. The normalized spacial score (nSPS) is 14.5. The van der Waals surface area contributed by atoms with Gasteiger partial charge in [-0.3, -0.25) is 4.79 Å². The highest BCUT2D eigenvalue weighted by atomic mass is 16.5. The Morgan fingerprint density at radius 2 is 1.78 bits per heavy atom. The van der Waals surface area contributed by atoms with E-state index in [-0.39, 0.29) is 5.91 Å². The molecule has 2 N–H and O–H groups in total. The zero-order chi connectivity index (χ0) is 25.6. The Labute approximate surface area is 217 Å². The molecule has 0 bridgehead atoms. The molecular formula is C28H33N7O2. The number of ether oxygens (including phenoxy) is 1. The minimum absolute atomic E-state index is 0.0567. The number of hydrogen-bond donors (Lipinski definition) is 2. The number of amides is 1. The van der Waals surface area contributed by atoms with Crippen molar-refractivity contribution in [2.75, 3.05) is 58.7 Å². The van der Waals surface area contributed by atoms with E-state index in [2.05, 4.69) is 37.6 Å². The van der Waals surface area contributed by atoms with Crippen LogP contribution >= 0.6 is 0 Å². The van der Waals surface area contributed by atoms with E-state index in [4.69, 9.17) is 4.74 Å². The summed E-state index contributed by atoms with van der Waals surface area (Å²) >= 11 is 0. The Hall–Kier alpha value is -3.95. The number of carbonyl (C=O) groups is 1. The first-order valence-electron chi connectivity index (χ1n) is 12.7. The Bertz CT molecular complexity index is 1340. The lowest BCUT2D eigenvalue weighted by molar-refractivity contribution is 0.0949. The molecule has 9 nitrogen and oxygen atoms in total. The van der Waals surface area contributed by atoms with Crippen LogP contribution in [0.25, 0.3) is 16.9 Å². The maximum Gasteiger partial charge on any atom is 0.251 e. The van der Waals surface area contributed by atoms with E-state index in [1.807, 2.05) is 66.7 Å². The number of nitrogens with zero attached hydrogens (tertiary/aromatic N) is 5. The number of benzene rings is 2. The fraction of sp³-hybridized carbons (Fsp3) is 0.321. The summed E-state index contributed by atoms with van der Waals surface area (Å²) in [5.41, 5.74) is 4.08. The zero-order valence-electron chi connectivity index (χ0n) is 21.4. The number of likely N-dealkylation sites (N-methyl/N-ethyl adjacent to an activating group) is 1. The zero-order valence-corrected chi connectivity index (χ0v) is 21.4. The van der Waals surface area contributed by atoms with Crippen molar-refractivity contribution in [3.8, 4) is 17.0 Å². The molecule has 192 valence electrons. The van der Waals surface area contributed by atoms with Gasteiger partial charge in [-0.15, -0.1) is 5.10 Å². The van der Waals surface area contributed by atoms with Crippen LogP contribution in [-0.2, 0) is 0 Å². The van der Waals surface area contributed by atoms with E-state index in [9.17, 15) is 4.79 Å². The molecule has 0 aliphatic carbocycles. The summed E-state index contributed by atoms with van der Waals surface area (Å²) in [6, 6.07) is 21.1. The number of rotatable bonds is 9. The van der Waals surface area contributed by atoms with Crippen molar-refractivity contribution in [1.29, 1.82) is 0 Å². The molecule has 5 rings (SSSR count). The molecule has 0 unspecified atom stereocenters. The maximum atomic E-state index is 12.6. The molecule has 1 saturated heterocycles. The maximum absolute atomic E-state index is 12.6. The van der Waals surface area contributed by atoms with Crippen LogP contribution in [0.1, 0.15) is 16.8 Å². The molecule has 4 aromatic rings. The molecule has 1 fully saturated rings. The van der Waals surface area contributed by atoms with E-state index in [0.717, 1.165) is 67.5 Å². The average Bonchev–Trinajstić information content (AvgIpc) is 3.35. The first kappa shape index (κ1) is 24.7. The molecule has 37 heavy (non-hydrogen) atoms. The van der Waals surface area contributed by atoms with Gasteiger partial charge in [-0.2, -0.15) is 4.98 Å². The number of aromatic nitrogens is 3. The van der Waals surface area contributed by atoms with Gasteiger partial charge < -0.3 is 25.2 Å². The second kappa shape index (κ2) is 11.4. The monoisotopic (exact) mass is 499 g/mol. The summed E-state index contributed by atoms with van der Waals surface area (Å²) in [5, 5.41) is 10.9. The first-order valence-corrected chi connectivity index (χ1v) is 12.7. The molecule has 0 atom stereocenters. The number of carbonyl (C=O) groups excluding carboxylic acids is 1. The molecule has 1 amide bonds. The molecule has 0 spiro atoms. The second-order valence-electron chi connectivity index (χ2n) is 9.31. The van der Waals surface area contributed by atoms with Crippen LogP contribution in [0.5, 0.6) is 5.75 Å². The van der Waals surface area contributed by atoms with Crippen LogP contribution in [0.2, 0.25) is 0 Å². The third kappa shape index (κ3) is 6.07. The molecule has 0 saturated carbocycles. The predicted molar refractivity (Wildman–Crippen MR) is 146 cm³/mol. The number of piperazine rings is 1. The highest BCUT2D eigenvalue weighted by molar-refractivity contribution is 5.94. The van der Waals surface area contributed by atoms with Gasteiger partial charge in [-0.25, -0.2) is 4.52 Å². The van der Waals surface area contributed by atoms with Crippen LogP contribution < -0.4 is 15.4 Å². The summed E-state index contributed by atoms with van der Waals surface area (Å²) in [6.07, 6.45) is 0.951. The van der Waals surface area contributed by atoms with Gasteiger partial charge in [0.1, 0.15) is 5.75 Å². The van der Waals surface area contributed by atoms with Crippen molar-refractivity contribution in [3.63, 3.8) is 0 Å². The lowest BCUT2D eigenvalue weighted by Gasteiger charge is -2.32. The molecular weight excluding hydrogens is 466 g/mol. The van der Waals surface area contributed by atoms with Gasteiger partial charge in [0, 0.05) is 49.5 Å². The van der Waals surface area contributed by atoms with Gasteiger partial charge in [-0.05, 0) is 68.5 Å². The average molecular weight is 500 g/mol. The largest absolute Gasteiger partial charge is 0.497 e. The van der Waals surface area contributed by atoms with E-state index in [1.165, 1.54) is 0 Å². The first-order chi connectivity index (χ1) is 18.1. The summed E-state index contributed by atoms with van der Waals surface area (Å²) in [7, 11) is 3.81. The minimum atomic E-state index is -0.0567. The topological polar surface area (TPSA) is 87.0 Å². The van der Waals surface area contributed by atoms with Crippen LogP contribution in [0.3, 0.4) is 0 Å². The predicted octanol–water partition coefficient (Wildman–Crippen LogP) is 3.52. The fourth-order valence-corrected chi connectivity index (χ4v) is 4.47.